The highest BCUT2D eigenvalue weighted by atomic mass is 16.5. The monoisotopic (exact) mass is 628 g/mol. The average Bonchev–Trinajstić information content (AvgIpc) is 3.69. The Kier molecular flexibility index (Phi) is 10.8. The second-order valence-electron chi connectivity index (χ2n) is 13.3. The number of aldehydes is 1. The first-order valence-electron chi connectivity index (χ1n) is 16.3. The van der Waals surface area contributed by atoms with Crippen LogP contribution in [0.3, 0.4) is 0 Å². The van der Waals surface area contributed by atoms with E-state index in [1.165, 1.54) is 7.11 Å². The van der Waals surface area contributed by atoms with Gasteiger partial charge in [-0.3, -0.25) is 14.4 Å². The maximum atomic E-state index is 14.1. The van der Waals surface area contributed by atoms with Crippen molar-refractivity contribution in [2.45, 2.75) is 89.3 Å². The van der Waals surface area contributed by atoms with Crippen LogP contribution in [0.2, 0.25) is 0 Å². The van der Waals surface area contributed by atoms with Gasteiger partial charge in [-0.1, -0.05) is 27.2 Å². The molecule has 3 N–H and O–H groups in total. The van der Waals surface area contributed by atoms with Gasteiger partial charge in [0.25, 0.3) is 0 Å². The van der Waals surface area contributed by atoms with Crippen molar-refractivity contribution in [3.05, 3.63) is 34.9 Å². The first-order valence-corrected chi connectivity index (χ1v) is 16.3. The topological polar surface area (TPSA) is 144 Å². The summed E-state index contributed by atoms with van der Waals surface area (Å²) in [7, 11) is 1.46. The van der Waals surface area contributed by atoms with Gasteiger partial charge in [-0.25, -0.2) is 0 Å². The van der Waals surface area contributed by atoms with E-state index in [4.69, 9.17) is 18.9 Å². The van der Waals surface area contributed by atoms with Crippen molar-refractivity contribution in [1.29, 1.82) is 0 Å². The Morgan fingerprint density at radius 3 is 2.69 bits per heavy atom. The summed E-state index contributed by atoms with van der Waals surface area (Å²) in [6.07, 6.45) is 4.65. The van der Waals surface area contributed by atoms with Crippen molar-refractivity contribution in [1.82, 2.24) is 10.2 Å². The minimum atomic E-state index is -1.22. The van der Waals surface area contributed by atoms with Crippen LogP contribution in [-0.4, -0.2) is 104 Å². The zero-order valence-electron chi connectivity index (χ0n) is 26.8. The van der Waals surface area contributed by atoms with Gasteiger partial charge in [0.2, 0.25) is 11.8 Å². The maximum Gasteiger partial charge on any atom is 0.249 e. The van der Waals surface area contributed by atoms with E-state index in [1.807, 2.05) is 0 Å². The van der Waals surface area contributed by atoms with Crippen LogP contribution >= 0.6 is 0 Å². The Bertz CT molecular complexity index is 1260. The summed E-state index contributed by atoms with van der Waals surface area (Å²) in [5.74, 6) is 0.468. The van der Waals surface area contributed by atoms with E-state index in [0.29, 0.717) is 53.3 Å². The van der Waals surface area contributed by atoms with E-state index in [1.54, 1.807) is 23.1 Å². The molecule has 0 aromatic heterocycles. The van der Waals surface area contributed by atoms with Crippen molar-refractivity contribution in [3.8, 4) is 11.5 Å². The van der Waals surface area contributed by atoms with Crippen LogP contribution in [0.5, 0.6) is 11.5 Å². The number of aliphatic hydroxyl groups excluding tert-OH is 2. The average molecular weight is 629 g/mol. The SMILES string of the molecule is COc1cc(C=O)cc2c1O[C@@H]1[C@@H](O)[C@H](N(C[C@H]3CCCO3)C(=O)CO[C@H]3C[C@@H](C)CC[C@@H]3C(C)C)C=C(C(=O)NCCO)[C@H]21. The van der Waals surface area contributed by atoms with Crippen LogP contribution in [0, 0.1) is 17.8 Å². The Balaban J connectivity index is 1.48. The van der Waals surface area contributed by atoms with Crippen molar-refractivity contribution < 1.29 is 43.5 Å². The first kappa shape index (κ1) is 33.4. The summed E-state index contributed by atoms with van der Waals surface area (Å²) in [5.41, 5.74) is 1.15. The Morgan fingerprint density at radius 2 is 2.02 bits per heavy atom. The van der Waals surface area contributed by atoms with Gasteiger partial charge in [-0.05, 0) is 61.6 Å². The number of carbonyl (C=O) groups excluding carboxylic acids is 3. The highest BCUT2D eigenvalue weighted by molar-refractivity contribution is 5.96. The second-order valence-corrected chi connectivity index (χ2v) is 13.3. The van der Waals surface area contributed by atoms with E-state index < -0.39 is 30.1 Å². The molecule has 2 heterocycles. The minimum Gasteiger partial charge on any atom is -0.493 e. The lowest BCUT2D eigenvalue weighted by Crippen LogP contribution is -2.57. The third-order valence-corrected chi connectivity index (χ3v) is 9.90. The Morgan fingerprint density at radius 1 is 1.22 bits per heavy atom. The molecular formula is C34H48N2O9. The number of hydrogen-bond donors (Lipinski definition) is 3. The molecule has 2 aliphatic heterocycles. The van der Waals surface area contributed by atoms with E-state index in [-0.39, 0.29) is 50.0 Å². The van der Waals surface area contributed by atoms with Crippen molar-refractivity contribution in [2.24, 2.45) is 17.8 Å². The molecule has 5 rings (SSSR count). The molecule has 2 fully saturated rings. The van der Waals surface area contributed by atoms with E-state index >= 15 is 0 Å². The number of nitrogens with zero attached hydrogens (tertiary/aromatic N) is 1. The van der Waals surface area contributed by atoms with Crippen LogP contribution in [-0.2, 0) is 19.1 Å². The van der Waals surface area contributed by atoms with Gasteiger partial charge in [0.15, 0.2) is 11.5 Å². The van der Waals surface area contributed by atoms with E-state index in [9.17, 15) is 24.6 Å². The summed E-state index contributed by atoms with van der Waals surface area (Å²) in [4.78, 5) is 41.0. The zero-order valence-corrected chi connectivity index (χ0v) is 26.8. The number of nitrogens with one attached hydrogen (secondary N) is 1. The molecule has 1 aromatic carbocycles. The molecule has 0 bridgehead atoms. The quantitative estimate of drug-likeness (QED) is 0.298. The predicted molar refractivity (Wildman–Crippen MR) is 165 cm³/mol. The third-order valence-electron chi connectivity index (χ3n) is 9.90. The largest absolute Gasteiger partial charge is 0.493 e. The summed E-state index contributed by atoms with van der Waals surface area (Å²) < 4.78 is 24.1. The molecule has 2 amide bonds. The smallest absolute Gasteiger partial charge is 0.249 e. The number of carbonyl (C=O) groups is 3. The fraction of sp³-hybridized carbons (Fsp3) is 0.676. The number of ether oxygens (including phenoxy) is 4. The first-order chi connectivity index (χ1) is 21.7. The van der Waals surface area contributed by atoms with Gasteiger partial charge in [0.1, 0.15) is 25.1 Å². The molecule has 1 saturated heterocycles. The minimum absolute atomic E-state index is 0.0232. The highest BCUT2D eigenvalue weighted by Crippen LogP contribution is 2.51. The molecule has 248 valence electrons. The predicted octanol–water partition coefficient (Wildman–Crippen LogP) is 2.62. The van der Waals surface area contributed by atoms with Gasteiger partial charge in [-0.15, -0.1) is 0 Å². The number of amides is 2. The molecule has 4 aliphatic rings. The van der Waals surface area contributed by atoms with Crippen molar-refractivity contribution in [2.75, 3.05) is 40.0 Å². The number of hydrogen-bond acceptors (Lipinski definition) is 9. The number of methoxy groups -OCH3 is 1. The van der Waals surface area contributed by atoms with Gasteiger partial charge < -0.3 is 39.4 Å². The van der Waals surface area contributed by atoms with E-state index in [2.05, 4.69) is 26.1 Å². The van der Waals surface area contributed by atoms with Gasteiger partial charge in [0, 0.05) is 36.4 Å². The van der Waals surface area contributed by atoms with Crippen LogP contribution in [0.4, 0.5) is 0 Å². The fourth-order valence-electron chi connectivity index (χ4n) is 7.52. The second kappa shape index (κ2) is 14.6. The van der Waals surface area contributed by atoms with Crippen LogP contribution in [0.25, 0.3) is 0 Å². The summed E-state index contributed by atoms with van der Waals surface area (Å²) in [6, 6.07) is 2.26. The van der Waals surface area contributed by atoms with Gasteiger partial charge in [-0.2, -0.15) is 0 Å². The number of aliphatic hydroxyl groups is 2. The molecule has 1 saturated carbocycles. The molecule has 0 spiro atoms. The molecule has 45 heavy (non-hydrogen) atoms. The maximum absolute atomic E-state index is 14.1. The third kappa shape index (κ3) is 7.06. The molecule has 0 radical (unpaired) electrons. The fourth-order valence-corrected chi connectivity index (χ4v) is 7.52. The van der Waals surface area contributed by atoms with Crippen LogP contribution in [0.1, 0.15) is 74.7 Å². The molecule has 11 heteroatoms. The molecule has 0 unspecified atom stereocenters. The van der Waals surface area contributed by atoms with E-state index in [0.717, 1.165) is 32.1 Å². The summed E-state index contributed by atoms with van der Waals surface area (Å²) >= 11 is 0. The lowest BCUT2D eigenvalue weighted by Gasteiger charge is -2.42. The van der Waals surface area contributed by atoms with Gasteiger partial charge >= 0.3 is 0 Å². The normalized spacial score (nSPS) is 30.6. The molecule has 1 aromatic rings. The Labute approximate surface area is 265 Å². The standard InChI is InChI=1S/C34H48N2O9/c1-19(2)23-8-7-20(3)12-27(23)44-18-29(39)36(16-22-6-5-11-43-22)26-15-25(34(41)35-9-10-37)30-24-13-21(17-38)14-28(42-4)32(24)45-33(30)31(26)40/h13-15,17,19-20,22-23,26-27,30-31,33,37,40H,5-12,16,18H2,1-4H3,(H,35,41)/t20-,22+,23+,26+,27-,30-,31-,33-/m0/s1. The number of benzene rings is 1. The molecule has 11 nitrogen and oxygen atoms in total. The Hall–Kier alpha value is -2.99. The highest BCUT2D eigenvalue weighted by Gasteiger charge is 2.52. The van der Waals surface area contributed by atoms with Crippen molar-refractivity contribution in [3.63, 3.8) is 0 Å². The molecule has 2 aliphatic carbocycles. The molecule has 8 atom stereocenters. The summed E-state index contributed by atoms with van der Waals surface area (Å²) in [6.45, 7) is 7.04. The molecular weight excluding hydrogens is 580 g/mol. The summed E-state index contributed by atoms with van der Waals surface area (Å²) in [5, 5.41) is 24.0. The number of fused-ring (bicyclic) bond motifs is 3. The lowest BCUT2D eigenvalue weighted by molar-refractivity contribution is -0.149. The van der Waals surface area contributed by atoms with Crippen molar-refractivity contribution >= 4 is 18.1 Å². The zero-order chi connectivity index (χ0) is 32.2. The lowest BCUT2D eigenvalue weighted by atomic mass is 9.75. The number of rotatable bonds is 12. The van der Waals surface area contributed by atoms with Crippen LogP contribution in [0.15, 0.2) is 23.8 Å². The van der Waals surface area contributed by atoms with Gasteiger partial charge in [0.05, 0.1) is 37.9 Å². The van der Waals surface area contributed by atoms with Crippen LogP contribution < -0.4 is 14.8 Å².